The van der Waals surface area contributed by atoms with Crippen LogP contribution in [0.2, 0.25) is 0 Å². The number of rotatable bonds is 4. The maximum atomic E-state index is 10.9. The van der Waals surface area contributed by atoms with Crippen molar-refractivity contribution >= 4 is 22.6 Å². The van der Waals surface area contributed by atoms with Gasteiger partial charge in [0.05, 0.1) is 13.2 Å². The largest absolute Gasteiger partial charge is 0.480 e. The number of aromatic nitrogens is 1. The highest BCUT2D eigenvalue weighted by molar-refractivity contribution is 5.87. The molecule has 1 atom stereocenters. The standard InChI is InChI=1S/C15H19N3O3/c16-13(15(19)20)7-10-9-17-14-2-1-11(8-12(10)14)18-3-5-21-6-4-18/h1-2,8-9,13,17H,3-7,16H2,(H,19,20)/t13-/m0/s1. The van der Waals surface area contributed by atoms with Crippen molar-refractivity contribution in [1.29, 1.82) is 0 Å². The van der Waals surface area contributed by atoms with Crippen molar-refractivity contribution in [3.05, 3.63) is 30.0 Å². The number of hydrogen-bond acceptors (Lipinski definition) is 4. The zero-order chi connectivity index (χ0) is 14.8. The number of carbonyl (C=O) groups is 1. The highest BCUT2D eigenvalue weighted by atomic mass is 16.5. The summed E-state index contributed by atoms with van der Waals surface area (Å²) in [7, 11) is 0. The van der Waals surface area contributed by atoms with Crippen LogP contribution < -0.4 is 10.6 Å². The van der Waals surface area contributed by atoms with Crippen LogP contribution in [-0.4, -0.2) is 48.4 Å². The zero-order valence-electron chi connectivity index (χ0n) is 11.7. The number of morpholine rings is 1. The van der Waals surface area contributed by atoms with Gasteiger partial charge in [-0.2, -0.15) is 0 Å². The van der Waals surface area contributed by atoms with Crippen molar-refractivity contribution in [2.75, 3.05) is 31.2 Å². The molecule has 4 N–H and O–H groups in total. The quantitative estimate of drug-likeness (QED) is 0.779. The number of nitrogens with one attached hydrogen (secondary N) is 1. The number of carboxylic acid groups (broad SMARTS) is 1. The molecule has 6 heteroatoms. The van der Waals surface area contributed by atoms with Gasteiger partial charge in [-0.3, -0.25) is 4.79 Å². The van der Waals surface area contributed by atoms with Crippen LogP contribution in [0.25, 0.3) is 10.9 Å². The summed E-state index contributed by atoms with van der Waals surface area (Å²) in [5.41, 5.74) is 8.71. The van der Waals surface area contributed by atoms with Gasteiger partial charge in [0, 0.05) is 42.3 Å². The number of carboxylic acids is 1. The van der Waals surface area contributed by atoms with Crippen molar-refractivity contribution in [3.8, 4) is 0 Å². The molecule has 3 rings (SSSR count). The molecule has 1 aliphatic rings. The topological polar surface area (TPSA) is 91.6 Å². The number of benzene rings is 1. The Labute approximate surface area is 122 Å². The minimum absolute atomic E-state index is 0.321. The second-order valence-corrected chi connectivity index (χ2v) is 5.29. The van der Waals surface area contributed by atoms with Gasteiger partial charge in [-0.15, -0.1) is 0 Å². The van der Waals surface area contributed by atoms with E-state index in [4.69, 9.17) is 15.6 Å². The third-order valence-electron chi connectivity index (χ3n) is 3.88. The molecule has 1 aromatic heterocycles. The Morgan fingerprint density at radius 1 is 1.43 bits per heavy atom. The molecular weight excluding hydrogens is 270 g/mol. The average molecular weight is 289 g/mol. The number of anilines is 1. The van der Waals surface area contributed by atoms with Crippen LogP contribution in [0, 0.1) is 0 Å². The molecule has 112 valence electrons. The highest BCUT2D eigenvalue weighted by Gasteiger charge is 2.16. The molecular formula is C15H19N3O3. The Morgan fingerprint density at radius 3 is 2.90 bits per heavy atom. The molecule has 1 aromatic carbocycles. The van der Waals surface area contributed by atoms with Gasteiger partial charge in [-0.25, -0.2) is 0 Å². The van der Waals surface area contributed by atoms with Gasteiger partial charge in [-0.05, 0) is 23.8 Å². The van der Waals surface area contributed by atoms with Gasteiger partial charge < -0.3 is 25.5 Å². The minimum atomic E-state index is -0.978. The van der Waals surface area contributed by atoms with Crippen LogP contribution in [-0.2, 0) is 16.0 Å². The number of H-pyrrole nitrogens is 1. The minimum Gasteiger partial charge on any atom is -0.480 e. The molecule has 0 saturated carbocycles. The molecule has 0 unspecified atom stereocenters. The van der Waals surface area contributed by atoms with Gasteiger partial charge in [0.2, 0.25) is 0 Å². The number of nitrogens with zero attached hydrogens (tertiary/aromatic N) is 1. The summed E-state index contributed by atoms with van der Waals surface area (Å²) < 4.78 is 5.37. The summed E-state index contributed by atoms with van der Waals surface area (Å²) in [4.78, 5) is 16.4. The van der Waals surface area contributed by atoms with Gasteiger partial charge in [-0.1, -0.05) is 0 Å². The van der Waals surface area contributed by atoms with Crippen molar-refractivity contribution in [2.24, 2.45) is 5.73 Å². The average Bonchev–Trinajstić information content (AvgIpc) is 2.90. The molecule has 0 aliphatic carbocycles. The molecule has 1 saturated heterocycles. The molecule has 0 bridgehead atoms. The monoisotopic (exact) mass is 289 g/mol. The molecule has 2 heterocycles. The third kappa shape index (κ3) is 2.86. The van der Waals surface area contributed by atoms with E-state index >= 15 is 0 Å². The molecule has 2 aromatic rings. The third-order valence-corrected chi connectivity index (χ3v) is 3.88. The van der Waals surface area contributed by atoms with Crippen molar-refractivity contribution in [1.82, 2.24) is 4.98 Å². The van der Waals surface area contributed by atoms with E-state index in [1.165, 1.54) is 0 Å². The summed E-state index contributed by atoms with van der Waals surface area (Å²) >= 11 is 0. The molecule has 6 nitrogen and oxygen atoms in total. The fourth-order valence-corrected chi connectivity index (χ4v) is 2.68. The molecule has 1 aliphatic heterocycles. The summed E-state index contributed by atoms with van der Waals surface area (Å²) in [6, 6.07) is 5.32. The number of ether oxygens (including phenoxy) is 1. The van der Waals surface area contributed by atoms with E-state index in [1.807, 2.05) is 12.3 Å². The van der Waals surface area contributed by atoms with E-state index in [1.54, 1.807) is 0 Å². The van der Waals surface area contributed by atoms with Crippen LogP contribution in [0.5, 0.6) is 0 Å². The number of nitrogens with two attached hydrogens (primary N) is 1. The van der Waals surface area contributed by atoms with Gasteiger partial charge in [0.15, 0.2) is 0 Å². The van der Waals surface area contributed by atoms with Crippen molar-refractivity contribution < 1.29 is 14.6 Å². The second kappa shape index (κ2) is 5.75. The lowest BCUT2D eigenvalue weighted by molar-refractivity contribution is -0.138. The first-order chi connectivity index (χ1) is 10.1. The lowest BCUT2D eigenvalue weighted by Crippen LogP contribution is -2.36. The van der Waals surface area contributed by atoms with E-state index in [2.05, 4.69) is 22.0 Å². The fraction of sp³-hybridized carbons (Fsp3) is 0.400. The molecule has 0 amide bonds. The van der Waals surface area contributed by atoms with Gasteiger partial charge in [0.25, 0.3) is 0 Å². The van der Waals surface area contributed by atoms with Gasteiger partial charge >= 0.3 is 5.97 Å². The van der Waals surface area contributed by atoms with Crippen LogP contribution in [0.4, 0.5) is 5.69 Å². The predicted octanol–water partition coefficient (Wildman–Crippen LogP) is 0.959. The van der Waals surface area contributed by atoms with E-state index in [-0.39, 0.29) is 0 Å². The van der Waals surface area contributed by atoms with Crippen molar-refractivity contribution in [2.45, 2.75) is 12.5 Å². The first kappa shape index (κ1) is 13.9. The number of aromatic amines is 1. The summed E-state index contributed by atoms with van der Waals surface area (Å²) in [6.07, 6.45) is 2.17. The van der Waals surface area contributed by atoms with Crippen LogP contribution in [0.1, 0.15) is 5.56 Å². The highest BCUT2D eigenvalue weighted by Crippen LogP contribution is 2.26. The van der Waals surface area contributed by atoms with E-state index in [9.17, 15) is 4.79 Å². The first-order valence-electron chi connectivity index (χ1n) is 7.06. The Kier molecular flexibility index (Phi) is 3.81. The number of hydrogen-bond donors (Lipinski definition) is 3. The molecule has 0 radical (unpaired) electrons. The first-order valence-corrected chi connectivity index (χ1v) is 7.06. The van der Waals surface area contributed by atoms with Crippen LogP contribution in [0.3, 0.4) is 0 Å². The summed E-state index contributed by atoms with van der Waals surface area (Å²) in [5, 5.41) is 9.99. The fourth-order valence-electron chi connectivity index (χ4n) is 2.68. The smallest absolute Gasteiger partial charge is 0.320 e. The lowest BCUT2D eigenvalue weighted by Gasteiger charge is -2.29. The second-order valence-electron chi connectivity index (χ2n) is 5.29. The predicted molar refractivity (Wildman–Crippen MR) is 80.6 cm³/mol. The summed E-state index contributed by atoms with van der Waals surface area (Å²) in [5.74, 6) is -0.978. The maximum Gasteiger partial charge on any atom is 0.320 e. The SMILES string of the molecule is N[C@@H](Cc1c[nH]c2ccc(N3CCOCC3)cc12)C(=O)O. The Bertz CT molecular complexity index is 647. The van der Waals surface area contributed by atoms with E-state index < -0.39 is 12.0 Å². The van der Waals surface area contributed by atoms with Crippen LogP contribution in [0.15, 0.2) is 24.4 Å². The number of fused-ring (bicyclic) bond motifs is 1. The van der Waals surface area contributed by atoms with Crippen LogP contribution >= 0.6 is 0 Å². The molecule has 21 heavy (non-hydrogen) atoms. The molecule has 1 fully saturated rings. The Morgan fingerprint density at radius 2 is 2.19 bits per heavy atom. The maximum absolute atomic E-state index is 10.9. The summed E-state index contributed by atoms with van der Waals surface area (Å²) in [6.45, 7) is 3.23. The zero-order valence-corrected chi connectivity index (χ0v) is 11.7. The molecule has 0 spiro atoms. The van der Waals surface area contributed by atoms with E-state index in [0.29, 0.717) is 6.42 Å². The lowest BCUT2D eigenvalue weighted by atomic mass is 10.0. The Balaban J connectivity index is 1.90. The Hall–Kier alpha value is -2.05. The van der Waals surface area contributed by atoms with Gasteiger partial charge in [0.1, 0.15) is 6.04 Å². The van der Waals surface area contributed by atoms with Crippen molar-refractivity contribution in [3.63, 3.8) is 0 Å². The number of aliphatic carboxylic acids is 1. The normalized spacial score (nSPS) is 17.1. The van der Waals surface area contributed by atoms with E-state index in [0.717, 1.165) is 48.5 Å².